The number of carbonyl (C=O) groups excluding carboxylic acids is 1. The second-order valence-electron chi connectivity index (χ2n) is 8.76. The number of aryl methyl sites for hydroxylation is 1. The van der Waals surface area contributed by atoms with Crippen LogP contribution >= 0.6 is 0 Å². The number of aromatic nitrogens is 7. The Hall–Kier alpha value is -4.91. The highest BCUT2D eigenvalue weighted by Crippen LogP contribution is 2.45. The zero-order chi connectivity index (χ0) is 24.8. The number of Topliss-reactive ketones (excluding diaryl/α,β-unsaturated/α-hetero) is 1. The Labute approximate surface area is 205 Å². The third-order valence-corrected chi connectivity index (χ3v) is 6.16. The number of pyridine rings is 2. The molecule has 36 heavy (non-hydrogen) atoms. The van der Waals surface area contributed by atoms with Gasteiger partial charge in [0.15, 0.2) is 11.5 Å². The quantitative estimate of drug-likeness (QED) is 0.351. The number of carbonyl (C=O) groups is 1. The molecular formula is C26H20N8O2. The van der Waals surface area contributed by atoms with Gasteiger partial charge in [0, 0.05) is 28.8 Å². The Morgan fingerprint density at radius 3 is 2.75 bits per heavy atom. The summed E-state index contributed by atoms with van der Waals surface area (Å²) in [4.78, 5) is 17.4. The monoisotopic (exact) mass is 476 g/mol. The van der Waals surface area contributed by atoms with E-state index in [2.05, 4.69) is 31.6 Å². The van der Waals surface area contributed by atoms with Crippen LogP contribution in [0.1, 0.15) is 53.1 Å². The van der Waals surface area contributed by atoms with Gasteiger partial charge in [-0.05, 0) is 57.0 Å². The highest BCUT2D eigenvalue weighted by atomic mass is 16.5. The van der Waals surface area contributed by atoms with Gasteiger partial charge in [0.2, 0.25) is 5.88 Å². The first kappa shape index (κ1) is 21.6. The molecule has 10 heteroatoms. The molecule has 0 radical (unpaired) electrons. The lowest BCUT2D eigenvalue weighted by Crippen LogP contribution is -2.02. The van der Waals surface area contributed by atoms with Crippen LogP contribution in [0.5, 0.6) is 11.6 Å². The number of hydrogen-bond donors (Lipinski definition) is 1. The first-order valence-corrected chi connectivity index (χ1v) is 11.5. The smallest absolute Gasteiger partial charge is 0.238 e. The van der Waals surface area contributed by atoms with Crippen molar-refractivity contribution in [1.29, 1.82) is 5.26 Å². The average Bonchev–Trinajstić information content (AvgIpc) is 3.50. The van der Waals surface area contributed by atoms with Crippen LogP contribution in [-0.2, 0) is 0 Å². The van der Waals surface area contributed by atoms with E-state index in [1.54, 1.807) is 35.1 Å². The maximum Gasteiger partial charge on any atom is 0.238 e. The molecule has 176 valence electrons. The van der Waals surface area contributed by atoms with Gasteiger partial charge in [0.05, 0.1) is 40.6 Å². The summed E-state index contributed by atoms with van der Waals surface area (Å²) in [5.74, 6) is 1.12. The first-order chi connectivity index (χ1) is 17.5. The molecule has 0 amide bonds. The molecule has 6 rings (SSSR count). The Morgan fingerprint density at radius 2 is 2.03 bits per heavy atom. The van der Waals surface area contributed by atoms with Crippen molar-refractivity contribution in [2.45, 2.75) is 32.6 Å². The minimum atomic E-state index is -0.128. The van der Waals surface area contributed by atoms with Crippen molar-refractivity contribution < 1.29 is 9.53 Å². The number of nitriles is 1. The normalized spacial score (nSPS) is 13.0. The molecule has 0 unspecified atom stereocenters. The van der Waals surface area contributed by atoms with Gasteiger partial charge in [0.25, 0.3) is 0 Å². The summed E-state index contributed by atoms with van der Waals surface area (Å²) in [5.41, 5.74) is 5.65. The number of ketones is 1. The molecule has 5 aromatic rings. The SMILES string of the molecule is CC(=O)c1ccc(-c2cnn3cc(Oc4ccc(C)nn4)ccc23)nc1-c1c(C#N)n[nH]c1C1CC1. The number of nitrogens with zero attached hydrogens (tertiary/aromatic N) is 7. The van der Waals surface area contributed by atoms with Gasteiger partial charge < -0.3 is 4.74 Å². The zero-order valence-electron chi connectivity index (χ0n) is 19.6. The fourth-order valence-corrected chi connectivity index (χ4v) is 4.21. The van der Waals surface area contributed by atoms with Gasteiger partial charge >= 0.3 is 0 Å². The minimum Gasteiger partial charge on any atom is -0.436 e. The van der Waals surface area contributed by atoms with Crippen molar-refractivity contribution in [2.24, 2.45) is 0 Å². The summed E-state index contributed by atoms with van der Waals surface area (Å²) in [5, 5.41) is 29.4. The Morgan fingerprint density at radius 1 is 1.17 bits per heavy atom. The molecule has 0 saturated heterocycles. The lowest BCUT2D eigenvalue weighted by molar-refractivity contribution is 0.101. The van der Waals surface area contributed by atoms with Crippen molar-refractivity contribution in [1.82, 2.24) is 35.0 Å². The van der Waals surface area contributed by atoms with Crippen molar-refractivity contribution in [3.8, 4) is 40.2 Å². The van der Waals surface area contributed by atoms with Crippen LogP contribution in [0.25, 0.3) is 28.0 Å². The predicted octanol–water partition coefficient (Wildman–Crippen LogP) is 4.63. The van der Waals surface area contributed by atoms with Crippen LogP contribution in [0.4, 0.5) is 0 Å². The van der Waals surface area contributed by atoms with Crippen LogP contribution in [0.15, 0.2) is 48.8 Å². The molecule has 1 aliphatic rings. The van der Waals surface area contributed by atoms with E-state index in [4.69, 9.17) is 9.72 Å². The van der Waals surface area contributed by atoms with E-state index in [0.717, 1.165) is 35.3 Å². The zero-order valence-corrected chi connectivity index (χ0v) is 19.6. The summed E-state index contributed by atoms with van der Waals surface area (Å²) in [6.45, 7) is 3.36. The van der Waals surface area contributed by atoms with Crippen LogP contribution in [-0.4, -0.2) is 40.8 Å². The van der Waals surface area contributed by atoms with E-state index in [1.807, 2.05) is 25.1 Å². The summed E-state index contributed by atoms with van der Waals surface area (Å²) in [6.07, 6.45) is 5.50. The maximum atomic E-state index is 12.5. The van der Waals surface area contributed by atoms with Crippen molar-refractivity contribution in [3.63, 3.8) is 0 Å². The fourth-order valence-electron chi connectivity index (χ4n) is 4.21. The summed E-state index contributed by atoms with van der Waals surface area (Å²) in [6, 6.07) is 13.0. The van der Waals surface area contributed by atoms with E-state index in [1.165, 1.54) is 6.92 Å². The molecule has 10 nitrogen and oxygen atoms in total. The van der Waals surface area contributed by atoms with Gasteiger partial charge in [-0.3, -0.25) is 9.89 Å². The highest BCUT2D eigenvalue weighted by Gasteiger charge is 2.32. The maximum absolute atomic E-state index is 12.5. The summed E-state index contributed by atoms with van der Waals surface area (Å²) < 4.78 is 7.50. The molecule has 0 aromatic carbocycles. The number of hydrogen-bond acceptors (Lipinski definition) is 8. The number of nitrogens with one attached hydrogen (secondary N) is 1. The second kappa shape index (κ2) is 8.39. The molecule has 0 spiro atoms. The first-order valence-electron chi connectivity index (χ1n) is 11.5. The number of aromatic amines is 1. The van der Waals surface area contributed by atoms with Crippen molar-refractivity contribution in [3.05, 3.63) is 71.4 Å². The van der Waals surface area contributed by atoms with Crippen LogP contribution in [0, 0.1) is 18.3 Å². The Bertz CT molecular complexity index is 1670. The molecule has 5 heterocycles. The largest absolute Gasteiger partial charge is 0.436 e. The van der Waals surface area contributed by atoms with Gasteiger partial charge in [-0.15, -0.1) is 5.10 Å². The molecule has 0 aliphatic heterocycles. The molecule has 1 N–H and O–H groups in total. The lowest BCUT2D eigenvalue weighted by Gasteiger charge is -2.10. The third kappa shape index (κ3) is 3.76. The van der Waals surface area contributed by atoms with Gasteiger partial charge in [-0.25, -0.2) is 9.50 Å². The molecule has 1 aliphatic carbocycles. The van der Waals surface area contributed by atoms with Gasteiger partial charge in [-0.1, -0.05) is 0 Å². The van der Waals surface area contributed by atoms with Crippen LogP contribution < -0.4 is 4.74 Å². The number of fused-ring (bicyclic) bond motifs is 1. The van der Waals surface area contributed by atoms with Crippen molar-refractivity contribution in [2.75, 3.05) is 0 Å². The molecule has 1 saturated carbocycles. The van der Waals surface area contributed by atoms with E-state index < -0.39 is 0 Å². The molecule has 0 bridgehead atoms. The van der Waals surface area contributed by atoms with E-state index in [0.29, 0.717) is 40.1 Å². The fraction of sp³-hybridized carbons (Fsp3) is 0.192. The molecule has 1 fully saturated rings. The molecule has 5 aromatic heterocycles. The predicted molar refractivity (Wildman–Crippen MR) is 130 cm³/mol. The topological polar surface area (TPSA) is 135 Å². The number of ether oxygens (including phenoxy) is 1. The minimum absolute atomic E-state index is 0.128. The van der Waals surface area contributed by atoms with Crippen LogP contribution in [0.2, 0.25) is 0 Å². The third-order valence-electron chi connectivity index (χ3n) is 6.16. The Balaban J connectivity index is 1.42. The van der Waals surface area contributed by atoms with E-state index >= 15 is 0 Å². The lowest BCUT2D eigenvalue weighted by atomic mass is 9.98. The Kier molecular flexibility index (Phi) is 5.04. The standard InChI is InChI=1S/C26H20N8O2/c1-14-3-10-23(32-30-14)36-17-6-9-22-19(12-28-34(22)13-17)20-8-7-18(15(2)35)26(29-20)24-21(11-27)31-33-25(24)16-4-5-16/h3,6-10,12-13,16H,4-5H2,1-2H3,(H,31,33). The van der Waals surface area contributed by atoms with Gasteiger partial charge in [0.1, 0.15) is 11.8 Å². The van der Waals surface area contributed by atoms with E-state index in [9.17, 15) is 10.1 Å². The highest BCUT2D eigenvalue weighted by molar-refractivity contribution is 6.01. The molecular weight excluding hydrogens is 456 g/mol. The second-order valence-corrected chi connectivity index (χ2v) is 8.76. The van der Waals surface area contributed by atoms with E-state index in [-0.39, 0.29) is 11.5 Å². The average molecular weight is 477 g/mol. The summed E-state index contributed by atoms with van der Waals surface area (Å²) in [7, 11) is 0. The number of rotatable bonds is 6. The van der Waals surface area contributed by atoms with Crippen molar-refractivity contribution >= 4 is 11.3 Å². The number of H-pyrrole nitrogens is 1. The van der Waals surface area contributed by atoms with Crippen LogP contribution in [0.3, 0.4) is 0 Å². The summed E-state index contributed by atoms with van der Waals surface area (Å²) >= 11 is 0. The van der Waals surface area contributed by atoms with Gasteiger partial charge in [-0.2, -0.15) is 20.6 Å². The molecule has 0 atom stereocenters.